The molecule has 1 aromatic rings. The molecule has 0 atom stereocenters. The summed E-state index contributed by atoms with van der Waals surface area (Å²) in [6, 6.07) is 3.65. The van der Waals surface area contributed by atoms with Crippen LogP contribution in [0.1, 0.15) is 32.1 Å². The zero-order valence-corrected chi connectivity index (χ0v) is 15.6. The normalized spacial score (nSPS) is 18.8. The van der Waals surface area contributed by atoms with Crippen LogP contribution in [0.4, 0.5) is 8.78 Å². The van der Waals surface area contributed by atoms with Crippen molar-refractivity contribution in [2.24, 2.45) is 5.92 Å². The molecule has 2 amide bonds. The first-order valence-corrected chi connectivity index (χ1v) is 10.2. The number of amides is 2. The maximum absolute atomic E-state index is 13.2. The first kappa shape index (κ1) is 19.1. The Balaban J connectivity index is 1.44. The van der Waals surface area contributed by atoms with Gasteiger partial charge in [0, 0.05) is 37.0 Å². The van der Waals surface area contributed by atoms with Gasteiger partial charge in [0.1, 0.15) is 0 Å². The van der Waals surface area contributed by atoms with E-state index in [1.165, 1.54) is 24.2 Å². The van der Waals surface area contributed by atoms with E-state index >= 15 is 0 Å². The van der Waals surface area contributed by atoms with Gasteiger partial charge in [-0.1, -0.05) is 0 Å². The molecule has 26 heavy (non-hydrogen) atoms. The van der Waals surface area contributed by atoms with Crippen molar-refractivity contribution in [1.29, 1.82) is 0 Å². The van der Waals surface area contributed by atoms with Crippen LogP contribution in [0.2, 0.25) is 0 Å². The van der Waals surface area contributed by atoms with Crippen molar-refractivity contribution in [2.45, 2.75) is 37.0 Å². The largest absolute Gasteiger partial charge is 0.342 e. The molecule has 0 N–H and O–H groups in total. The lowest BCUT2D eigenvalue weighted by Gasteiger charge is -2.35. The second-order valence-electron chi connectivity index (χ2n) is 6.91. The van der Waals surface area contributed by atoms with Crippen LogP contribution in [0.15, 0.2) is 23.1 Å². The highest BCUT2D eigenvalue weighted by atomic mass is 32.2. The van der Waals surface area contributed by atoms with Crippen LogP contribution in [-0.4, -0.2) is 53.5 Å². The number of carbonyl (C=O) groups is 2. The fourth-order valence-electron chi connectivity index (χ4n) is 3.55. The van der Waals surface area contributed by atoms with Gasteiger partial charge in [0.25, 0.3) is 0 Å². The number of hydrogen-bond donors (Lipinski definition) is 0. The highest BCUT2D eigenvalue weighted by Gasteiger charge is 2.30. The van der Waals surface area contributed by atoms with E-state index in [9.17, 15) is 18.4 Å². The van der Waals surface area contributed by atoms with Crippen molar-refractivity contribution in [2.75, 3.05) is 31.9 Å². The van der Waals surface area contributed by atoms with Crippen molar-refractivity contribution < 1.29 is 18.4 Å². The van der Waals surface area contributed by atoms with Crippen molar-refractivity contribution in [3.05, 3.63) is 29.8 Å². The number of rotatable bonds is 4. The third-order valence-electron chi connectivity index (χ3n) is 5.12. The van der Waals surface area contributed by atoms with E-state index in [1.807, 2.05) is 4.90 Å². The summed E-state index contributed by atoms with van der Waals surface area (Å²) in [5, 5.41) is 0. The summed E-state index contributed by atoms with van der Waals surface area (Å²) >= 11 is 1.20. The summed E-state index contributed by atoms with van der Waals surface area (Å²) in [5.74, 6) is -1.36. The van der Waals surface area contributed by atoms with Gasteiger partial charge in [-0.3, -0.25) is 9.59 Å². The number of nitrogens with zero attached hydrogens (tertiary/aromatic N) is 2. The van der Waals surface area contributed by atoms with Crippen LogP contribution < -0.4 is 0 Å². The summed E-state index contributed by atoms with van der Waals surface area (Å²) in [7, 11) is 0. The molecule has 2 aliphatic heterocycles. The number of carbonyl (C=O) groups excluding carboxylic acids is 2. The second kappa shape index (κ2) is 8.84. The number of thioether (sulfide) groups is 1. The van der Waals surface area contributed by atoms with Crippen LogP contribution in [0.3, 0.4) is 0 Å². The summed E-state index contributed by atoms with van der Waals surface area (Å²) in [6.45, 7) is 2.90. The maximum atomic E-state index is 13.2. The first-order valence-electron chi connectivity index (χ1n) is 9.19. The fourth-order valence-corrected chi connectivity index (χ4v) is 4.38. The number of hydrogen-bond acceptors (Lipinski definition) is 3. The van der Waals surface area contributed by atoms with Gasteiger partial charge in [-0.2, -0.15) is 0 Å². The number of benzene rings is 1. The standard InChI is InChI=1S/C19H24F2N2O2S/c20-16-5-4-15(12-17(16)21)26-13-18(24)22-10-6-14(7-11-22)19(25)23-8-2-1-3-9-23/h4-5,12,14H,1-3,6-11,13H2. The van der Waals surface area contributed by atoms with Crippen molar-refractivity contribution in [3.8, 4) is 0 Å². The zero-order valence-electron chi connectivity index (χ0n) is 14.8. The van der Waals surface area contributed by atoms with Gasteiger partial charge in [-0.05, 0) is 50.3 Å². The van der Waals surface area contributed by atoms with Gasteiger partial charge in [0.2, 0.25) is 11.8 Å². The fraction of sp³-hybridized carbons (Fsp3) is 0.579. The lowest BCUT2D eigenvalue weighted by molar-refractivity contribution is -0.140. The molecular formula is C19H24F2N2O2S. The van der Waals surface area contributed by atoms with Gasteiger partial charge in [0.05, 0.1) is 5.75 Å². The third kappa shape index (κ3) is 4.75. The zero-order chi connectivity index (χ0) is 18.5. The minimum Gasteiger partial charge on any atom is -0.342 e. The highest BCUT2D eigenvalue weighted by molar-refractivity contribution is 8.00. The summed E-state index contributed by atoms with van der Waals surface area (Å²) in [5.41, 5.74) is 0. The molecule has 7 heteroatoms. The Morgan fingerprint density at radius 2 is 1.65 bits per heavy atom. The Morgan fingerprint density at radius 3 is 2.31 bits per heavy atom. The predicted octanol–water partition coefficient (Wildman–Crippen LogP) is 3.31. The van der Waals surface area contributed by atoms with E-state index in [-0.39, 0.29) is 23.5 Å². The van der Waals surface area contributed by atoms with Crippen LogP contribution in [0.5, 0.6) is 0 Å². The van der Waals surface area contributed by atoms with Gasteiger partial charge < -0.3 is 9.80 Å². The molecule has 142 valence electrons. The molecule has 0 bridgehead atoms. The van der Waals surface area contributed by atoms with Gasteiger partial charge in [0.15, 0.2) is 11.6 Å². The minimum atomic E-state index is -0.903. The van der Waals surface area contributed by atoms with Crippen LogP contribution in [0, 0.1) is 17.6 Å². The number of halogens is 2. The monoisotopic (exact) mass is 382 g/mol. The summed E-state index contributed by atoms with van der Waals surface area (Å²) in [6.07, 6.45) is 4.79. The minimum absolute atomic E-state index is 0.0241. The third-order valence-corrected chi connectivity index (χ3v) is 6.10. The van der Waals surface area contributed by atoms with Crippen LogP contribution in [0.25, 0.3) is 0 Å². The molecule has 2 heterocycles. The van der Waals surface area contributed by atoms with Gasteiger partial charge >= 0.3 is 0 Å². The van der Waals surface area contributed by atoms with Crippen LogP contribution >= 0.6 is 11.8 Å². The first-order chi connectivity index (χ1) is 12.5. The molecular weight excluding hydrogens is 358 g/mol. The molecule has 0 aliphatic carbocycles. The summed E-state index contributed by atoms with van der Waals surface area (Å²) < 4.78 is 26.1. The van der Waals surface area contributed by atoms with E-state index in [1.54, 1.807) is 4.90 Å². The smallest absolute Gasteiger partial charge is 0.232 e. The Bertz CT molecular complexity index is 657. The Morgan fingerprint density at radius 1 is 0.962 bits per heavy atom. The molecule has 2 aliphatic rings. The molecule has 3 rings (SSSR count). The molecule has 2 fully saturated rings. The quantitative estimate of drug-likeness (QED) is 0.750. The predicted molar refractivity (Wildman–Crippen MR) is 96.8 cm³/mol. The van der Waals surface area contributed by atoms with Crippen molar-refractivity contribution in [1.82, 2.24) is 9.80 Å². The Labute approximate surface area is 156 Å². The molecule has 1 aromatic carbocycles. The number of piperidine rings is 2. The topological polar surface area (TPSA) is 40.6 Å². The average Bonchev–Trinajstić information content (AvgIpc) is 2.69. The van der Waals surface area contributed by atoms with Crippen LogP contribution in [-0.2, 0) is 9.59 Å². The maximum Gasteiger partial charge on any atom is 0.232 e. The molecule has 0 unspecified atom stereocenters. The van der Waals surface area contributed by atoms with Gasteiger partial charge in [-0.15, -0.1) is 11.8 Å². The molecule has 0 aromatic heterocycles. The van der Waals surface area contributed by atoms with Gasteiger partial charge in [-0.25, -0.2) is 8.78 Å². The molecule has 0 spiro atoms. The highest BCUT2D eigenvalue weighted by Crippen LogP contribution is 2.24. The van der Waals surface area contributed by atoms with E-state index in [0.717, 1.165) is 38.1 Å². The number of likely N-dealkylation sites (tertiary alicyclic amines) is 2. The molecule has 2 saturated heterocycles. The van der Waals surface area contributed by atoms with E-state index in [4.69, 9.17) is 0 Å². The average molecular weight is 382 g/mol. The van der Waals surface area contributed by atoms with E-state index in [2.05, 4.69) is 0 Å². The molecule has 0 saturated carbocycles. The Hall–Kier alpha value is -1.63. The lowest BCUT2D eigenvalue weighted by atomic mass is 9.94. The molecule has 4 nitrogen and oxygen atoms in total. The SMILES string of the molecule is O=C(CSc1ccc(F)c(F)c1)N1CCC(C(=O)N2CCCCC2)CC1. The molecule has 0 radical (unpaired) electrons. The Kier molecular flexibility index (Phi) is 6.51. The van der Waals surface area contributed by atoms with E-state index < -0.39 is 11.6 Å². The lowest BCUT2D eigenvalue weighted by Crippen LogP contribution is -2.46. The second-order valence-corrected chi connectivity index (χ2v) is 7.95. The van der Waals surface area contributed by atoms with E-state index in [0.29, 0.717) is 30.8 Å². The van der Waals surface area contributed by atoms with Crippen molar-refractivity contribution in [3.63, 3.8) is 0 Å². The summed E-state index contributed by atoms with van der Waals surface area (Å²) in [4.78, 5) is 29.2. The van der Waals surface area contributed by atoms with Crippen molar-refractivity contribution >= 4 is 23.6 Å².